The highest BCUT2D eigenvalue weighted by atomic mass is 32.2. The summed E-state index contributed by atoms with van der Waals surface area (Å²) in [5, 5.41) is 2.81. The Hall–Kier alpha value is -0.220. The SMILES string of the molecule is CC1CSC[C@H](N)C(=O)N1. The highest BCUT2D eigenvalue weighted by Crippen LogP contribution is 2.08. The fraction of sp³-hybridized carbons (Fsp3) is 0.833. The minimum atomic E-state index is -0.310. The van der Waals surface area contributed by atoms with Crippen LogP contribution in [0.3, 0.4) is 0 Å². The zero-order chi connectivity index (χ0) is 7.56. The van der Waals surface area contributed by atoms with E-state index in [2.05, 4.69) is 5.32 Å². The molecule has 0 bridgehead atoms. The van der Waals surface area contributed by atoms with Gasteiger partial charge in [-0.1, -0.05) is 0 Å². The second kappa shape index (κ2) is 3.25. The third-order valence-electron chi connectivity index (χ3n) is 1.39. The monoisotopic (exact) mass is 160 g/mol. The van der Waals surface area contributed by atoms with Crippen LogP contribution in [0, 0.1) is 0 Å². The van der Waals surface area contributed by atoms with Crippen molar-refractivity contribution in [3.63, 3.8) is 0 Å². The summed E-state index contributed by atoms with van der Waals surface area (Å²) in [5.41, 5.74) is 5.51. The Bertz CT molecular complexity index is 140. The maximum Gasteiger partial charge on any atom is 0.238 e. The van der Waals surface area contributed by atoms with Crippen molar-refractivity contribution in [3.05, 3.63) is 0 Å². The van der Waals surface area contributed by atoms with Gasteiger partial charge in [0.05, 0.1) is 6.04 Å². The highest BCUT2D eigenvalue weighted by molar-refractivity contribution is 7.99. The van der Waals surface area contributed by atoms with E-state index in [1.54, 1.807) is 11.8 Å². The van der Waals surface area contributed by atoms with Gasteiger partial charge in [0.25, 0.3) is 0 Å². The molecule has 1 rings (SSSR count). The van der Waals surface area contributed by atoms with Gasteiger partial charge in [-0.2, -0.15) is 11.8 Å². The van der Waals surface area contributed by atoms with Gasteiger partial charge in [0.15, 0.2) is 0 Å². The zero-order valence-corrected chi connectivity index (χ0v) is 6.78. The molecule has 0 aromatic heterocycles. The first-order chi connectivity index (χ1) is 4.70. The van der Waals surface area contributed by atoms with Crippen molar-refractivity contribution in [2.24, 2.45) is 5.73 Å². The number of nitrogens with one attached hydrogen (secondary N) is 1. The molecule has 1 aliphatic rings. The van der Waals surface area contributed by atoms with E-state index in [0.29, 0.717) is 0 Å². The van der Waals surface area contributed by atoms with Crippen LogP contribution in [0.2, 0.25) is 0 Å². The van der Waals surface area contributed by atoms with Crippen molar-refractivity contribution in [2.45, 2.75) is 19.0 Å². The molecule has 0 spiro atoms. The van der Waals surface area contributed by atoms with Gasteiger partial charge in [-0.25, -0.2) is 0 Å². The van der Waals surface area contributed by atoms with E-state index in [1.165, 1.54) is 0 Å². The van der Waals surface area contributed by atoms with Crippen molar-refractivity contribution in [2.75, 3.05) is 11.5 Å². The van der Waals surface area contributed by atoms with E-state index in [9.17, 15) is 4.79 Å². The maximum absolute atomic E-state index is 11.0. The Labute approximate surface area is 64.7 Å². The topological polar surface area (TPSA) is 55.1 Å². The lowest BCUT2D eigenvalue weighted by molar-refractivity contribution is -0.122. The van der Waals surface area contributed by atoms with Gasteiger partial charge in [0.2, 0.25) is 5.91 Å². The summed E-state index contributed by atoms with van der Waals surface area (Å²) < 4.78 is 0. The van der Waals surface area contributed by atoms with Crippen LogP contribution in [-0.4, -0.2) is 29.5 Å². The molecule has 4 heteroatoms. The predicted octanol–water partition coefficient (Wildman–Crippen LogP) is -0.435. The Morgan fingerprint density at radius 1 is 1.70 bits per heavy atom. The van der Waals surface area contributed by atoms with Gasteiger partial charge in [-0.15, -0.1) is 0 Å². The molecule has 1 unspecified atom stereocenters. The van der Waals surface area contributed by atoms with Crippen LogP contribution in [0.1, 0.15) is 6.92 Å². The second-order valence-electron chi connectivity index (χ2n) is 2.55. The molecule has 58 valence electrons. The van der Waals surface area contributed by atoms with Crippen LogP contribution < -0.4 is 11.1 Å². The number of hydrogen-bond donors (Lipinski definition) is 2. The summed E-state index contributed by atoms with van der Waals surface area (Å²) in [6.45, 7) is 1.99. The average Bonchev–Trinajstić information content (AvgIpc) is 1.96. The van der Waals surface area contributed by atoms with E-state index in [0.717, 1.165) is 11.5 Å². The number of amides is 1. The Kier molecular flexibility index (Phi) is 2.56. The highest BCUT2D eigenvalue weighted by Gasteiger charge is 2.19. The van der Waals surface area contributed by atoms with E-state index in [4.69, 9.17) is 5.73 Å². The van der Waals surface area contributed by atoms with Crippen LogP contribution in [0.4, 0.5) is 0 Å². The van der Waals surface area contributed by atoms with Crippen molar-refractivity contribution >= 4 is 17.7 Å². The molecular formula is C6H12N2OS. The molecular weight excluding hydrogens is 148 g/mol. The minimum absolute atomic E-state index is 0.0162. The van der Waals surface area contributed by atoms with Crippen LogP contribution in [0.25, 0.3) is 0 Å². The molecule has 0 saturated carbocycles. The summed E-state index contributed by atoms with van der Waals surface area (Å²) in [5.74, 6) is 1.70. The van der Waals surface area contributed by atoms with E-state index in [1.807, 2.05) is 6.92 Å². The van der Waals surface area contributed by atoms with Gasteiger partial charge < -0.3 is 11.1 Å². The molecule has 1 fully saturated rings. The molecule has 0 radical (unpaired) electrons. The lowest BCUT2D eigenvalue weighted by atomic mass is 10.3. The van der Waals surface area contributed by atoms with Gasteiger partial charge in [0, 0.05) is 17.5 Å². The van der Waals surface area contributed by atoms with Crippen molar-refractivity contribution < 1.29 is 4.79 Å². The lowest BCUT2D eigenvalue weighted by Gasteiger charge is -2.08. The number of carbonyl (C=O) groups is 1. The molecule has 10 heavy (non-hydrogen) atoms. The molecule has 0 aromatic carbocycles. The smallest absolute Gasteiger partial charge is 0.238 e. The summed E-state index contributed by atoms with van der Waals surface area (Å²) in [6.07, 6.45) is 0. The molecule has 1 amide bonds. The normalized spacial score (nSPS) is 34.8. The maximum atomic E-state index is 11.0. The number of rotatable bonds is 0. The molecule has 0 aliphatic carbocycles. The molecule has 3 N–H and O–H groups in total. The Morgan fingerprint density at radius 2 is 2.40 bits per heavy atom. The predicted molar refractivity (Wildman–Crippen MR) is 42.9 cm³/mol. The van der Waals surface area contributed by atoms with Crippen LogP contribution >= 0.6 is 11.8 Å². The van der Waals surface area contributed by atoms with E-state index < -0.39 is 0 Å². The average molecular weight is 160 g/mol. The zero-order valence-electron chi connectivity index (χ0n) is 5.96. The molecule has 1 heterocycles. The molecule has 0 aromatic rings. The van der Waals surface area contributed by atoms with Crippen LogP contribution in [-0.2, 0) is 4.79 Å². The number of thioether (sulfide) groups is 1. The number of carbonyl (C=O) groups excluding carboxylic acids is 1. The van der Waals surface area contributed by atoms with Gasteiger partial charge in [-0.3, -0.25) is 4.79 Å². The molecule has 3 nitrogen and oxygen atoms in total. The van der Waals surface area contributed by atoms with Gasteiger partial charge in [-0.05, 0) is 6.92 Å². The first kappa shape index (κ1) is 7.88. The summed E-state index contributed by atoms with van der Waals surface area (Å²) in [4.78, 5) is 11.0. The lowest BCUT2D eigenvalue weighted by Crippen LogP contribution is -2.43. The Morgan fingerprint density at radius 3 is 3.10 bits per heavy atom. The Balaban J connectivity index is 2.49. The molecule has 1 aliphatic heterocycles. The van der Waals surface area contributed by atoms with Gasteiger partial charge in [0.1, 0.15) is 0 Å². The quantitative estimate of drug-likeness (QED) is 0.505. The standard InChI is InChI=1S/C6H12N2OS/c1-4-2-10-3-5(7)6(9)8-4/h4-5H,2-3,7H2,1H3,(H,8,9)/t4?,5-/m0/s1. The first-order valence-corrected chi connectivity index (χ1v) is 4.49. The summed E-state index contributed by atoms with van der Waals surface area (Å²) >= 11 is 1.73. The number of hydrogen-bond acceptors (Lipinski definition) is 3. The van der Waals surface area contributed by atoms with Crippen molar-refractivity contribution in [3.8, 4) is 0 Å². The fourth-order valence-corrected chi connectivity index (χ4v) is 1.82. The van der Waals surface area contributed by atoms with Crippen molar-refractivity contribution in [1.82, 2.24) is 5.32 Å². The molecule has 1 saturated heterocycles. The van der Waals surface area contributed by atoms with Gasteiger partial charge >= 0.3 is 0 Å². The van der Waals surface area contributed by atoms with Crippen LogP contribution in [0.15, 0.2) is 0 Å². The fourth-order valence-electron chi connectivity index (χ4n) is 0.839. The first-order valence-electron chi connectivity index (χ1n) is 3.34. The number of nitrogens with two attached hydrogens (primary N) is 1. The largest absolute Gasteiger partial charge is 0.351 e. The summed E-state index contributed by atoms with van der Waals surface area (Å²) in [6, 6.07) is -0.0407. The van der Waals surface area contributed by atoms with Crippen molar-refractivity contribution in [1.29, 1.82) is 0 Å². The third-order valence-corrected chi connectivity index (χ3v) is 2.72. The summed E-state index contributed by atoms with van der Waals surface area (Å²) in [7, 11) is 0. The third kappa shape index (κ3) is 1.88. The van der Waals surface area contributed by atoms with Crippen LogP contribution in [0.5, 0.6) is 0 Å². The second-order valence-corrected chi connectivity index (χ2v) is 3.63. The molecule has 2 atom stereocenters. The van der Waals surface area contributed by atoms with E-state index >= 15 is 0 Å². The van der Waals surface area contributed by atoms with E-state index in [-0.39, 0.29) is 18.0 Å². The minimum Gasteiger partial charge on any atom is -0.351 e.